The van der Waals surface area contributed by atoms with E-state index in [2.05, 4.69) is 10.6 Å². The van der Waals surface area contributed by atoms with E-state index in [1.165, 1.54) is 32.1 Å². The Morgan fingerprint density at radius 3 is 2.89 bits per heavy atom. The molecule has 1 saturated heterocycles. The molecule has 1 fully saturated rings. The van der Waals surface area contributed by atoms with Crippen LogP contribution in [0.3, 0.4) is 0 Å². The summed E-state index contributed by atoms with van der Waals surface area (Å²) in [6.45, 7) is 1.83. The third-order valence-electron chi connectivity index (χ3n) is 3.43. The molecule has 2 rings (SSSR count). The summed E-state index contributed by atoms with van der Waals surface area (Å²) in [5.41, 5.74) is 0.748. The Kier molecular flexibility index (Phi) is 4.96. The van der Waals surface area contributed by atoms with Gasteiger partial charge in [-0.3, -0.25) is 0 Å². The fraction of sp³-hybridized carbons (Fsp3) is 0.571. The van der Waals surface area contributed by atoms with E-state index in [1.54, 1.807) is 6.07 Å². The second-order valence-electron chi connectivity index (χ2n) is 4.79. The Hall–Kier alpha value is -1.36. The topological polar surface area (TPSA) is 33.3 Å². The van der Waals surface area contributed by atoms with Crippen LogP contribution in [0.5, 0.6) is 5.75 Å². The van der Waals surface area contributed by atoms with Crippen LogP contribution < -0.4 is 15.4 Å². The normalized spacial score (nSPS) is 19.5. The van der Waals surface area contributed by atoms with E-state index in [0.29, 0.717) is 11.8 Å². The molecule has 0 radical (unpaired) electrons. The van der Waals surface area contributed by atoms with Gasteiger partial charge in [-0.1, -0.05) is 12.5 Å². The van der Waals surface area contributed by atoms with Gasteiger partial charge in [0.25, 0.3) is 6.43 Å². The molecule has 3 nitrogen and oxygen atoms in total. The molecule has 5 heteroatoms. The van der Waals surface area contributed by atoms with Crippen LogP contribution in [-0.4, -0.2) is 26.2 Å². The smallest absolute Gasteiger partial charge is 0.263 e. The summed E-state index contributed by atoms with van der Waals surface area (Å²) in [6, 6.07) is 4.92. The van der Waals surface area contributed by atoms with Crippen molar-refractivity contribution in [1.29, 1.82) is 0 Å². The largest absolute Gasteiger partial charge is 0.495 e. The molecule has 0 spiro atoms. The Morgan fingerprint density at radius 1 is 1.42 bits per heavy atom. The summed E-state index contributed by atoms with van der Waals surface area (Å²) < 4.78 is 30.4. The molecule has 19 heavy (non-hydrogen) atoms. The molecule has 1 heterocycles. The number of halogens is 2. The van der Waals surface area contributed by atoms with Crippen molar-refractivity contribution in [3.63, 3.8) is 0 Å². The number of nitrogens with one attached hydrogen (secondary N) is 2. The number of anilines is 1. The zero-order valence-electron chi connectivity index (χ0n) is 11.1. The molecular weight excluding hydrogens is 250 g/mol. The van der Waals surface area contributed by atoms with Gasteiger partial charge in [-0.25, -0.2) is 8.78 Å². The van der Waals surface area contributed by atoms with Crippen molar-refractivity contribution in [2.45, 2.75) is 31.7 Å². The summed E-state index contributed by atoms with van der Waals surface area (Å²) in [7, 11) is 1.49. The van der Waals surface area contributed by atoms with E-state index in [-0.39, 0.29) is 5.56 Å². The molecule has 106 valence electrons. The van der Waals surface area contributed by atoms with Crippen LogP contribution >= 0.6 is 0 Å². The fourth-order valence-corrected chi connectivity index (χ4v) is 2.32. The first kappa shape index (κ1) is 14.1. The Bertz CT molecular complexity index is 406. The second kappa shape index (κ2) is 6.70. The predicted octanol–water partition coefficient (Wildman–Crippen LogP) is 3.19. The van der Waals surface area contributed by atoms with Gasteiger partial charge in [0.2, 0.25) is 0 Å². The zero-order chi connectivity index (χ0) is 13.7. The Morgan fingerprint density at radius 2 is 2.26 bits per heavy atom. The number of ether oxygens (including phenoxy) is 1. The maximum atomic E-state index is 12.6. The average molecular weight is 270 g/mol. The molecule has 1 aliphatic heterocycles. The molecular formula is C14H20F2N2O. The number of methoxy groups -OCH3 is 1. The quantitative estimate of drug-likeness (QED) is 0.862. The zero-order valence-corrected chi connectivity index (χ0v) is 11.1. The molecule has 1 aromatic carbocycles. The number of rotatable bonds is 5. The summed E-state index contributed by atoms with van der Waals surface area (Å²) in [5.74, 6) is 0.466. The maximum Gasteiger partial charge on any atom is 0.263 e. The molecule has 0 aliphatic carbocycles. The Balaban J connectivity index is 1.98. The van der Waals surface area contributed by atoms with Crippen molar-refractivity contribution in [3.8, 4) is 5.75 Å². The molecule has 0 saturated carbocycles. The van der Waals surface area contributed by atoms with E-state index < -0.39 is 6.43 Å². The summed E-state index contributed by atoms with van der Waals surface area (Å²) >= 11 is 0. The van der Waals surface area contributed by atoms with Crippen LogP contribution in [0.25, 0.3) is 0 Å². The highest BCUT2D eigenvalue weighted by Crippen LogP contribution is 2.30. The van der Waals surface area contributed by atoms with Crippen molar-refractivity contribution in [1.82, 2.24) is 5.32 Å². The van der Waals surface area contributed by atoms with Gasteiger partial charge in [-0.05, 0) is 31.5 Å². The highest BCUT2D eigenvalue weighted by Gasteiger charge is 2.14. The van der Waals surface area contributed by atoms with Gasteiger partial charge in [-0.2, -0.15) is 0 Å². The molecule has 1 aromatic rings. The number of benzene rings is 1. The van der Waals surface area contributed by atoms with Crippen LogP contribution in [0.15, 0.2) is 18.2 Å². The molecule has 1 unspecified atom stereocenters. The summed E-state index contributed by atoms with van der Waals surface area (Å²) in [4.78, 5) is 0. The number of hydrogen-bond acceptors (Lipinski definition) is 3. The highest BCUT2D eigenvalue weighted by atomic mass is 19.3. The van der Waals surface area contributed by atoms with Crippen LogP contribution in [0.1, 0.15) is 31.3 Å². The fourth-order valence-electron chi connectivity index (χ4n) is 2.32. The van der Waals surface area contributed by atoms with E-state index in [9.17, 15) is 8.78 Å². The van der Waals surface area contributed by atoms with Gasteiger partial charge >= 0.3 is 0 Å². The van der Waals surface area contributed by atoms with Crippen molar-refractivity contribution in [2.75, 3.05) is 25.5 Å². The van der Waals surface area contributed by atoms with Gasteiger partial charge < -0.3 is 15.4 Å². The number of hydrogen-bond donors (Lipinski definition) is 2. The predicted molar refractivity (Wildman–Crippen MR) is 72.1 cm³/mol. The standard InChI is InChI=1S/C14H20F2N2O/c1-19-13-8-10(14(15)16)5-6-12(13)18-9-11-4-2-3-7-17-11/h5-6,8,11,14,17-18H,2-4,7,9H2,1H3. The van der Waals surface area contributed by atoms with Gasteiger partial charge in [0.1, 0.15) is 5.75 Å². The first-order valence-corrected chi connectivity index (χ1v) is 6.64. The van der Waals surface area contributed by atoms with Gasteiger partial charge in [0.05, 0.1) is 12.8 Å². The lowest BCUT2D eigenvalue weighted by Crippen LogP contribution is -2.39. The third kappa shape index (κ3) is 3.80. The first-order chi connectivity index (χ1) is 9.20. The monoisotopic (exact) mass is 270 g/mol. The molecule has 1 aliphatic rings. The lowest BCUT2D eigenvalue weighted by molar-refractivity contribution is 0.151. The van der Waals surface area contributed by atoms with Gasteiger partial charge in [0, 0.05) is 18.2 Å². The van der Waals surface area contributed by atoms with E-state index in [1.807, 2.05) is 0 Å². The molecule has 1 atom stereocenters. The second-order valence-corrected chi connectivity index (χ2v) is 4.79. The number of alkyl halides is 2. The SMILES string of the molecule is COc1cc(C(F)F)ccc1NCC1CCCCN1. The van der Waals surface area contributed by atoms with E-state index in [0.717, 1.165) is 25.2 Å². The van der Waals surface area contributed by atoms with Crippen LogP contribution in [0.4, 0.5) is 14.5 Å². The lowest BCUT2D eigenvalue weighted by atomic mass is 10.0. The number of piperidine rings is 1. The van der Waals surface area contributed by atoms with Crippen LogP contribution in [0, 0.1) is 0 Å². The minimum Gasteiger partial charge on any atom is -0.495 e. The lowest BCUT2D eigenvalue weighted by Gasteiger charge is -2.24. The van der Waals surface area contributed by atoms with Crippen molar-refractivity contribution in [3.05, 3.63) is 23.8 Å². The minimum atomic E-state index is -2.47. The van der Waals surface area contributed by atoms with Crippen LogP contribution in [-0.2, 0) is 0 Å². The van der Waals surface area contributed by atoms with Gasteiger partial charge in [-0.15, -0.1) is 0 Å². The summed E-state index contributed by atoms with van der Waals surface area (Å²) in [6.07, 6.45) is 1.14. The average Bonchev–Trinajstić information content (AvgIpc) is 2.45. The van der Waals surface area contributed by atoms with Crippen LogP contribution in [0.2, 0.25) is 0 Å². The van der Waals surface area contributed by atoms with Gasteiger partial charge in [0.15, 0.2) is 0 Å². The molecule has 0 amide bonds. The minimum absolute atomic E-state index is 0.0156. The highest BCUT2D eigenvalue weighted by molar-refractivity contribution is 5.58. The van der Waals surface area contributed by atoms with E-state index in [4.69, 9.17) is 4.74 Å². The summed E-state index contributed by atoms with van der Waals surface area (Å²) in [5, 5.41) is 6.70. The van der Waals surface area contributed by atoms with Crippen molar-refractivity contribution in [2.24, 2.45) is 0 Å². The van der Waals surface area contributed by atoms with E-state index >= 15 is 0 Å². The maximum absolute atomic E-state index is 12.6. The molecule has 2 N–H and O–H groups in total. The third-order valence-corrected chi connectivity index (χ3v) is 3.43. The molecule has 0 aromatic heterocycles. The Labute approximate surface area is 112 Å². The first-order valence-electron chi connectivity index (χ1n) is 6.64. The van der Waals surface area contributed by atoms with Crippen molar-refractivity contribution >= 4 is 5.69 Å². The van der Waals surface area contributed by atoms with Crippen molar-refractivity contribution < 1.29 is 13.5 Å². The molecule has 0 bridgehead atoms.